The summed E-state index contributed by atoms with van der Waals surface area (Å²) in [5.74, 6) is 0.863. The van der Waals surface area contributed by atoms with E-state index in [0.29, 0.717) is 23.7 Å². The Morgan fingerprint density at radius 1 is 1.00 bits per heavy atom. The number of nitrogens with one attached hydrogen (secondary N) is 1. The van der Waals surface area contributed by atoms with E-state index in [1.165, 1.54) is 19.6 Å². The highest BCUT2D eigenvalue weighted by Crippen LogP contribution is 2.31. The zero-order chi connectivity index (χ0) is 19.8. The highest BCUT2D eigenvalue weighted by Gasteiger charge is 2.16. The molecule has 0 aliphatic carbocycles. The molecule has 27 heavy (non-hydrogen) atoms. The number of anilines is 1. The van der Waals surface area contributed by atoms with Crippen LogP contribution in [0.15, 0.2) is 42.5 Å². The van der Waals surface area contributed by atoms with E-state index in [1.54, 1.807) is 30.2 Å². The van der Waals surface area contributed by atoms with E-state index in [2.05, 4.69) is 5.32 Å². The van der Waals surface area contributed by atoms with Crippen LogP contribution in [0.25, 0.3) is 0 Å². The molecule has 0 radical (unpaired) electrons. The third-order valence-corrected chi connectivity index (χ3v) is 4.23. The van der Waals surface area contributed by atoms with Gasteiger partial charge in [0.15, 0.2) is 11.5 Å². The van der Waals surface area contributed by atoms with E-state index in [-0.39, 0.29) is 24.8 Å². The molecule has 0 fully saturated rings. The number of rotatable bonds is 8. The van der Waals surface area contributed by atoms with Crippen molar-refractivity contribution in [3.8, 4) is 11.5 Å². The average molecular weight is 370 g/mol. The predicted molar refractivity (Wildman–Crippen MR) is 105 cm³/mol. The number of aryl methyl sites for hydroxylation is 1. The molecule has 0 aliphatic rings. The number of amides is 2. The first-order chi connectivity index (χ1) is 12.9. The summed E-state index contributed by atoms with van der Waals surface area (Å²) >= 11 is 0. The van der Waals surface area contributed by atoms with Gasteiger partial charge in [-0.1, -0.05) is 29.8 Å². The number of carbonyl (C=O) groups excluding carboxylic acids is 2. The van der Waals surface area contributed by atoms with E-state index in [1.807, 2.05) is 31.2 Å². The van der Waals surface area contributed by atoms with Gasteiger partial charge in [-0.3, -0.25) is 9.59 Å². The first kappa shape index (κ1) is 20.3. The van der Waals surface area contributed by atoms with Crippen molar-refractivity contribution in [2.24, 2.45) is 0 Å². The largest absolute Gasteiger partial charge is 0.493 e. The lowest BCUT2D eigenvalue weighted by atomic mass is 10.1. The van der Waals surface area contributed by atoms with Crippen molar-refractivity contribution in [3.63, 3.8) is 0 Å². The highest BCUT2D eigenvalue weighted by atomic mass is 16.5. The molecule has 2 rings (SSSR count). The second-order valence-corrected chi connectivity index (χ2v) is 6.22. The van der Waals surface area contributed by atoms with Gasteiger partial charge in [0.05, 0.1) is 14.2 Å². The normalized spacial score (nSPS) is 10.2. The lowest BCUT2D eigenvalue weighted by molar-refractivity contribution is -0.121. The van der Waals surface area contributed by atoms with E-state index < -0.39 is 0 Å². The lowest BCUT2D eigenvalue weighted by Gasteiger charge is -2.22. The van der Waals surface area contributed by atoms with Crippen molar-refractivity contribution >= 4 is 17.5 Å². The zero-order valence-electron chi connectivity index (χ0n) is 16.2. The molecule has 0 saturated carbocycles. The molecule has 0 spiro atoms. The summed E-state index contributed by atoms with van der Waals surface area (Å²) in [6, 6.07) is 13.2. The summed E-state index contributed by atoms with van der Waals surface area (Å²) in [5, 5.41) is 2.88. The van der Waals surface area contributed by atoms with Gasteiger partial charge in [-0.25, -0.2) is 0 Å². The Kier molecular flexibility index (Phi) is 7.23. The Morgan fingerprint density at radius 2 is 1.67 bits per heavy atom. The fraction of sp³-hybridized carbons (Fsp3) is 0.333. The fourth-order valence-corrected chi connectivity index (χ4v) is 2.67. The second kappa shape index (κ2) is 9.62. The molecular weight excluding hydrogens is 344 g/mol. The van der Waals surface area contributed by atoms with Crippen LogP contribution >= 0.6 is 0 Å². The number of carbonyl (C=O) groups is 2. The molecule has 0 unspecified atom stereocenters. The lowest BCUT2D eigenvalue weighted by Crippen LogP contribution is -2.33. The molecule has 2 aromatic carbocycles. The van der Waals surface area contributed by atoms with Crippen molar-refractivity contribution < 1.29 is 19.1 Å². The predicted octanol–water partition coefficient (Wildman–Crippen LogP) is 3.07. The molecule has 2 amide bonds. The molecule has 144 valence electrons. The molecule has 2 aromatic rings. The standard InChI is InChI=1S/C21H26N2O4/c1-15-5-7-17(8-6-15)14-22-21(25)11-12-23(16(2)24)18-9-10-19(26-3)20(13-18)27-4/h5-10,13H,11-12,14H2,1-4H3,(H,22,25). The maximum atomic E-state index is 12.2. The SMILES string of the molecule is COc1ccc(N(CCC(=O)NCc2ccc(C)cc2)C(C)=O)cc1OC. The van der Waals surface area contributed by atoms with E-state index in [4.69, 9.17) is 9.47 Å². The number of hydrogen-bond acceptors (Lipinski definition) is 4. The van der Waals surface area contributed by atoms with Gasteiger partial charge in [0, 0.05) is 38.2 Å². The van der Waals surface area contributed by atoms with Crippen LogP contribution in [0.4, 0.5) is 5.69 Å². The smallest absolute Gasteiger partial charge is 0.223 e. The van der Waals surface area contributed by atoms with Crippen LogP contribution in [0.1, 0.15) is 24.5 Å². The maximum absolute atomic E-state index is 12.2. The molecule has 0 saturated heterocycles. The quantitative estimate of drug-likeness (QED) is 0.775. The minimum atomic E-state index is -0.145. The van der Waals surface area contributed by atoms with Crippen LogP contribution in [-0.4, -0.2) is 32.6 Å². The molecule has 6 heteroatoms. The summed E-state index contributed by atoms with van der Waals surface area (Å²) in [5.41, 5.74) is 2.88. The Hall–Kier alpha value is -3.02. The maximum Gasteiger partial charge on any atom is 0.223 e. The van der Waals surface area contributed by atoms with Gasteiger partial charge in [0.25, 0.3) is 0 Å². The Bertz CT molecular complexity index is 787. The summed E-state index contributed by atoms with van der Waals surface area (Å²) in [6.07, 6.45) is 0.208. The van der Waals surface area contributed by atoms with Crippen LogP contribution < -0.4 is 19.7 Å². The molecule has 6 nitrogen and oxygen atoms in total. The molecule has 0 bridgehead atoms. The first-order valence-electron chi connectivity index (χ1n) is 8.77. The zero-order valence-corrected chi connectivity index (χ0v) is 16.2. The van der Waals surface area contributed by atoms with Crippen molar-refractivity contribution in [1.29, 1.82) is 0 Å². The number of hydrogen-bond donors (Lipinski definition) is 1. The van der Waals surface area contributed by atoms with Crippen molar-refractivity contribution in [1.82, 2.24) is 5.32 Å². The van der Waals surface area contributed by atoms with Gasteiger partial charge in [-0.2, -0.15) is 0 Å². The third-order valence-electron chi connectivity index (χ3n) is 4.23. The molecule has 0 aliphatic heterocycles. The van der Waals surface area contributed by atoms with Crippen molar-refractivity contribution in [2.75, 3.05) is 25.7 Å². The van der Waals surface area contributed by atoms with Crippen LogP contribution in [0.5, 0.6) is 11.5 Å². The van der Waals surface area contributed by atoms with Gasteiger partial charge in [0.1, 0.15) is 0 Å². The van der Waals surface area contributed by atoms with Gasteiger partial charge in [-0.15, -0.1) is 0 Å². The fourth-order valence-electron chi connectivity index (χ4n) is 2.67. The van der Waals surface area contributed by atoms with E-state index in [0.717, 1.165) is 5.56 Å². The van der Waals surface area contributed by atoms with Gasteiger partial charge < -0.3 is 19.7 Å². The van der Waals surface area contributed by atoms with Crippen LogP contribution in [0.2, 0.25) is 0 Å². The second-order valence-electron chi connectivity index (χ2n) is 6.22. The molecular formula is C21H26N2O4. The van der Waals surface area contributed by atoms with E-state index in [9.17, 15) is 9.59 Å². The average Bonchev–Trinajstić information content (AvgIpc) is 2.67. The van der Waals surface area contributed by atoms with Crippen LogP contribution in [0, 0.1) is 6.92 Å². The molecule has 0 heterocycles. The first-order valence-corrected chi connectivity index (χ1v) is 8.77. The number of ether oxygens (including phenoxy) is 2. The topological polar surface area (TPSA) is 67.9 Å². The summed E-state index contributed by atoms with van der Waals surface area (Å²) in [4.78, 5) is 25.8. The van der Waals surface area contributed by atoms with Gasteiger partial charge >= 0.3 is 0 Å². The summed E-state index contributed by atoms with van der Waals surface area (Å²) in [7, 11) is 3.09. The van der Waals surface area contributed by atoms with Crippen molar-refractivity contribution in [3.05, 3.63) is 53.6 Å². The molecule has 1 N–H and O–H groups in total. The van der Waals surface area contributed by atoms with Crippen molar-refractivity contribution in [2.45, 2.75) is 26.8 Å². The third kappa shape index (κ3) is 5.74. The Labute approximate surface area is 160 Å². The summed E-state index contributed by atoms with van der Waals surface area (Å²) < 4.78 is 10.5. The van der Waals surface area contributed by atoms with E-state index >= 15 is 0 Å². The minimum absolute atomic E-state index is 0.109. The number of nitrogens with zero attached hydrogens (tertiary/aromatic N) is 1. The van der Waals surface area contributed by atoms with Crippen LogP contribution in [0.3, 0.4) is 0 Å². The summed E-state index contributed by atoms with van der Waals surface area (Å²) in [6.45, 7) is 4.24. The van der Waals surface area contributed by atoms with Gasteiger partial charge in [0.2, 0.25) is 11.8 Å². The van der Waals surface area contributed by atoms with Crippen LogP contribution in [-0.2, 0) is 16.1 Å². The Balaban J connectivity index is 1.96. The highest BCUT2D eigenvalue weighted by molar-refractivity contribution is 5.92. The Morgan fingerprint density at radius 3 is 2.26 bits per heavy atom. The minimum Gasteiger partial charge on any atom is -0.493 e. The number of methoxy groups -OCH3 is 2. The monoisotopic (exact) mass is 370 g/mol. The molecule has 0 atom stereocenters. The molecule has 0 aromatic heterocycles. The number of benzene rings is 2. The van der Waals surface area contributed by atoms with Gasteiger partial charge in [-0.05, 0) is 24.6 Å².